The second-order valence-corrected chi connectivity index (χ2v) is 4.62. The van der Waals surface area contributed by atoms with Gasteiger partial charge in [0.25, 0.3) is 0 Å². The van der Waals surface area contributed by atoms with E-state index in [1.54, 1.807) is 12.4 Å². The molecule has 0 spiro atoms. The molecule has 0 fully saturated rings. The summed E-state index contributed by atoms with van der Waals surface area (Å²) in [6.07, 6.45) is 3.58. The van der Waals surface area contributed by atoms with Crippen LogP contribution >= 0.6 is 0 Å². The fourth-order valence-electron chi connectivity index (χ4n) is 2.38. The number of aromatic nitrogens is 3. The minimum atomic E-state index is 0.872. The summed E-state index contributed by atoms with van der Waals surface area (Å²) in [7, 11) is 0. The van der Waals surface area contributed by atoms with E-state index in [-0.39, 0.29) is 0 Å². The van der Waals surface area contributed by atoms with E-state index in [9.17, 15) is 0 Å². The van der Waals surface area contributed by atoms with Gasteiger partial charge in [-0.3, -0.25) is 9.97 Å². The topological polar surface area (TPSA) is 38.7 Å². The fraction of sp³-hybridized carbons (Fsp3) is 0. The monoisotopic (exact) mass is 257 g/mol. The van der Waals surface area contributed by atoms with Crippen LogP contribution in [0.3, 0.4) is 0 Å². The zero-order valence-corrected chi connectivity index (χ0v) is 10.7. The summed E-state index contributed by atoms with van der Waals surface area (Å²) >= 11 is 0. The summed E-state index contributed by atoms with van der Waals surface area (Å²) in [4.78, 5) is 13.6. The van der Waals surface area contributed by atoms with E-state index >= 15 is 0 Å². The van der Waals surface area contributed by atoms with Crippen LogP contribution in [-0.2, 0) is 0 Å². The maximum Gasteiger partial charge on any atom is 0.0972 e. The van der Waals surface area contributed by atoms with Crippen LogP contribution < -0.4 is 0 Å². The van der Waals surface area contributed by atoms with Gasteiger partial charge in [-0.15, -0.1) is 0 Å². The number of pyridine rings is 3. The predicted molar refractivity (Wildman–Crippen MR) is 80.3 cm³/mol. The highest BCUT2D eigenvalue weighted by Crippen LogP contribution is 2.24. The van der Waals surface area contributed by atoms with E-state index < -0.39 is 0 Å². The average molecular weight is 257 g/mol. The third-order valence-corrected chi connectivity index (χ3v) is 3.36. The molecule has 3 heteroatoms. The Balaban J connectivity index is 2.05. The van der Waals surface area contributed by atoms with E-state index in [4.69, 9.17) is 4.98 Å². The van der Waals surface area contributed by atoms with Crippen LogP contribution in [0.1, 0.15) is 0 Å². The molecule has 0 aliphatic rings. The van der Waals surface area contributed by atoms with Gasteiger partial charge in [0, 0.05) is 23.2 Å². The summed E-state index contributed by atoms with van der Waals surface area (Å²) in [5.41, 5.74) is 3.60. The van der Waals surface area contributed by atoms with Gasteiger partial charge in [-0.25, -0.2) is 4.98 Å². The number of benzene rings is 1. The van der Waals surface area contributed by atoms with Crippen LogP contribution in [0.15, 0.2) is 67.0 Å². The lowest BCUT2D eigenvalue weighted by molar-refractivity contribution is 1.27. The first kappa shape index (κ1) is 11.1. The molecule has 4 aromatic rings. The van der Waals surface area contributed by atoms with Crippen molar-refractivity contribution in [1.82, 2.24) is 15.0 Å². The lowest BCUT2D eigenvalue weighted by Crippen LogP contribution is -1.89. The quantitative estimate of drug-likeness (QED) is 0.486. The number of hydrogen-bond donors (Lipinski definition) is 0. The van der Waals surface area contributed by atoms with Gasteiger partial charge in [0.15, 0.2) is 0 Å². The number of nitrogens with zero attached hydrogens (tertiary/aromatic N) is 3. The molecule has 3 heterocycles. The molecule has 4 rings (SSSR count). The molecule has 0 aliphatic carbocycles. The molecule has 0 aliphatic heterocycles. The van der Waals surface area contributed by atoms with Gasteiger partial charge in [0.1, 0.15) is 0 Å². The minimum Gasteiger partial charge on any atom is -0.255 e. The lowest BCUT2D eigenvalue weighted by atomic mass is 10.1. The molecule has 0 radical (unpaired) electrons. The van der Waals surface area contributed by atoms with Crippen molar-refractivity contribution < 1.29 is 0 Å². The van der Waals surface area contributed by atoms with Crippen molar-refractivity contribution in [3.8, 4) is 11.4 Å². The van der Waals surface area contributed by atoms with Crippen LogP contribution in [0.5, 0.6) is 0 Å². The fourth-order valence-corrected chi connectivity index (χ4v) is 2.38. The number of hydrogen-bond acceptors (Lipinski definition) is 3. The zero-order chi connectivity index (χ0) is 13.4. The highest BCUT2D eigenvalue weighted by atomic mass is 14.8. The highest BCUT2D eigenvalue weighted by Gasteiger charge is 2.06. The van der Waals surface area contributed by atoms with E-state index in [1.807, 2.05) is 30.3 Å². The summed E-state index contributed by atoms with van der Waals surface area (Å²) < 4.78 is 0. The van der Waals surface area contributed by atoms with Gasteiger partial charge < -0.3 is 0 Å². The molecular weight excluding hydrogens is 246 g/mol. The summed E-state index contributed by atoms with van der Waals surface area (Å²) in [5, 5.41) is 2.20. The van der Waals surface area contributed by atoms with Gasteiger partial charge in [-0.05, 0) is 24.3 Å². The van der Waals surface area contributed by atoms with Gasteiger partial charge in [0.2, 0.25) is 0 Å². The largest absolute Gasteiger partial charge is 0.255 e. The Morgan fingerprint density at radius 1 is 0.550 bits per heavy atom. The molecule has 3 aromatic heterocycles. The van der Waals surface area contributed by atoms with E-state index in [1.165, 1.54) is 0 Å². The van der Waals surface area contributed by atoms with Crippen molar-refractivity contribution in [3.05, 3.63) is 67.0 Å². The van der Waals surface area contributed by atoms with E-state index in [0.29, 0.717) is 0 Å². The van der Waals surface area contributed by atoms with Crippen molar-refractivity contribution in [1.29, 1.82) is 0 Å². The van der Waals surface area contributed by atoms with E-state index in [2.05, 4.69) is 34.2 Å². The Hall–Kier alpha value is -2.81. The van der Waals surface area contributed by atoms with Gasteiger partial charge >= 0.3 is 0 Å². The Kier molecular flexibility index (Phi) is 2.42. The van der Waals surface area contributed by atoms with Crippen molar-refractivity contribution in [2.75, 3.05) is 0 Å². The minimum absolute atomic E-state index is 0.872. The van der Waals surface area contributed by atoms with Crippen molar-refractivity contribution in [2.24, 2.45) is 0 Å². The molecular formula is C17H11N3. The molecule has 0 atom stereocenters. The molecule has 94 valence electrons. The maximum atomic E-state index is 4.75. The Morgan fingerprint density at radius 3 is 2.20 bits per heavy atom. The SMILES string of the molecule is c1ccc(-c2ccc3ccc4cccnc4c3n2)nc1. The van der Waals surface area contributed by atoms with Gasteiger partial charge in [-0.1, -0.05) is 30.3 Å². The smallest absolute Gasteiger partial charge is 0.0972 e. The molecule has 3 nitrogen and oxygen atoms in total. The van der Waals surface area contributed by atoms with Gasteiger partial charge in [-0.2, -0.15) is 0 Å². The van der Waals surface area contributed by atoms with Crippen LogP contribution in [0.2, 0.25) is 0 Å². The third kappa shape index (κ3) is 1.72. The van der Waals surface area contributed by atoms with Crippen LogP contribution in [0.4, 0.5) is 0 Å². The van der Waals surface area contributed by atoms with Gasteiger partial charge in [0.05, 0.1) is 22.4 Å². The standard InChI is InChI=1S/C17H11N3/c1-2-10-18-14(5-1)15-9-8-13-7-6-12-4-3-11-19-16(12)17(13)20-15/h1-11H. The average Bonchev–Trinajstić information content (AvgIpc) is 2.55. The second-order valence-electron chi connectivity index (χ2n) is 4.62. The number of rotatable bonds is 1. The third-order valence-electron chi connectivity index (χ3n) is 3.36. The molecule has 0 unspecified atom stereocenters. The second kappa shape index (κ2) is 4.38. The highest BCUT2D eigenvalue weighted by molar-refractivity contribution is 6.03. The molecule has 1 aromatic carbocycles. The van der Waals surface area contributed by atoms with Crippen molar-refractivity contribution in [2.45, 2.75) is 0 Å². The predicted octanol–water partition coefficient (Wildman–Crippen LogP) is 3.85. The Labute approximate surface area is 116 Å². The summed E-state index contributed by atoms with van der Waals surface area (Å²) in [6, 6.07) is 18.1. The first-order valence-corrected chi connectivity index (χ1v) is 6.48. The normalized spacial score (nSPS) is 11.0. The Morgan fingerprint density at radius 2 is 1.35 bits per heavy atom. The number of fused-ring (bicyclic) bond motifs is 3. The first-order valence-electron chi connectivity index (χ1n) is 6.48. The molecule has 0 amide bonds. The molecule has 0 N–H and O–H groups in total. The van der Waals surface area contributed by atoms with Crippen molar-refractivity contribution >= 4 is 21.8 Å². The van der Waals surface area contributed by atoms with E-state index in [0.717, 1.165) is 33.2 Å². The lowest BCUT2D eigenvalue weighted by Gasteiger charge is -2.05. The Bertz CT molecular complexity index is 901. The molecule has 20 heavy (non-hydrogen) atoms. The van der Waals surface area contributed by atoms with Crippen LogP contribution in [-0.4, -0.2) is 15.0 Å². The van der Waals surface area contributed by atoms with Crippen LogP contribution in [0.25, 0.3) is 33.2 Å². The summed E-state index contributed by atoms with van der Waals surface area (Å²) in [6.45, 7) is 0. The molecule has 0 saturated heterocycles. The maximum absolute atomic E-state index is 4.75. The van der Waals surface area contributed by atoms with Crippen LogP contribution in [0, 0.1) is 0 Å². The first-order chi connectivity index (χ1) is 9.92. The summed E-state index contributed by atoms with van der Waals surface area (Å²) in [5.74, 6) is 0. The zero-order valence-electron chi connectivity index (χ0n) is 10.7. The molecule has 0 bridgehead atoms. The van der Waals surface area contributed by atoms with Crippen molar-refractivity contribution in [3.63, 3.8) is 0 Å². The molecule has 0 saturated carbocycles.